The molecule has 0 radical (unpaired) electrons. The van der Waals surface area contributed by atoms with E-state index in [1.807, 2.05) is 19.1 Å². The van der Waals surface area contributed by atoms with Gasteiger partial charge in [-0.05, 0) is 24.5 Å². The highest BCUT2D eigenvalue weighted by atomic mass is 16.5. The molecule has 0 bridgehead atoms. The Labute approximate surface area is 109 Å². The number of carbonyl (C=O) groups is 1. The van der Waals surface area contributed by atoms with Gasteiger partial charge < -0.3 is 10.1 Å². The Morgan fingerprint density at radius 1 is 1.50 bits per heavy atom. The van der Waals surface area contributed by atoms with Gasteiger partial charge in [0.05, 0.1) is 0 Å². The fourth-order valence-electron chi connectivity index (χ4n) is 2.54. The molecule has 3 nitrogen and oxygen atoms in total. The molecule has 0 saturated heterocycles. The van der Waals surface area contributed by atoms with Crippen molar-refractivity contribution in [1.29, 1.82) is 0 Å². The first kappa shape index (κ1) is 13.1. The zero-order chi connectivity index (χ0) is 13.0. The third-order valence-corrected chi connectivity index (χ3v) is 3.67. The molecule has 0 aliphatic carbocycles. The minimum atomic E-state index is 0.0503. The zero-order valence-electron chi connectivity index (χ0n) is 11.1. The maximum absolute atomic E-state index is 12.5. The summed E-state index contributed by atoms with van der Waals surface area (Å²) in [6, 6.07) is 8.13. The lowest BCUT2D eigenvalue weighted by molar-refractivity contribution is -0.124. The van der Waals surface area contributed by atoms with Crippen molar-refractivity contribution in [2.24, 2.45) is 5.92 Å². The third kappa shape index (κ3) is 2.72. The zero-order valence-corrected chi connectivity index (χ0v) is 11.1. The van der Waals surface area contributed by atoms with Crippen molar-refractivity contribution in [3.8, 4) is 0 Å². The first-order valence-corrected chi connectivity index (χ1v) is 6.59. The topological polar surface area (TPSA) is 38.3 Å². The van der Waals surface area contributed by atoms with Crippen LogP contribution in [0.3, 0.4) is 0 Å². The molecule has 2 rings (SSSR count). The predicted octanol–water partition coefficient (Wildman–Crippen LogP) is 2.83. The van der Waals surface area contributed by atoms with Crippen LogP contribution in [-0.4, -0.2) is 26.0 Å². The standard InChI is InChI=1S/C15H21NO2/c1-11(8-10-18-2)15(17)13-7-9-16-14-6-4-3-5-12(13)14/h3-6,11,13,16H,7-10H2,1-2H3. The summed E-state index contributed by atoms with van der Waals surface area (Å²) in [5, 5.41) is 3.35. The molecule has 2 unspecified atom stereocenters. The normalized spacial score (nSPS) is 19.8. The Kier molecular flexibility index (Phi) is 4.37. The van der Waals surface area contributed by atoms with Gasteiger partial charge in [-0.2, -0.15) is 0 Å². The SMILES string of the molecule is COCCC(C)C(=O)C1CCNc2ccccc21. The number of rotatable bonds is 5. The molecule has 1 heterocycles. The summed E-state index contributed by atoms with van der Waals surface area (Å²) in [5.74, 6) is 0.469. The Bertz CT molecular complexity index is 417. The first-order valence-electron chi connectivity index (χ1n) is 6.59. The quantitative estimate of drug-likeness (QED) is 0.869. The average molecular weight is 247 g/mol. The highest BCUT2D eigenvalue weighted by molar-refractivity contribution is 5.89. The molecule has 0 spiro atoms. The second-order valence-corrected chi connectivity index (χ2v) is 4.94. The molecule has 0 aromatic heterocycles. The maximum atomic E-state index is 12.5. The van der Waals surface area contributed by atoms with Gasteiger partial charge >= 0.3 is 0 Å². The van der Waals surface area contributed by atoms with Gasteiger partial charge in [-0.25, -0.2) is 0 Å². The molecule has 0 fully saturated rings. The fraction of sp³-hybridized carbons (Fsp3) is 0.533. The predicted molar refractivity (Wildman–Crippen MR) is 73.0 cm³/mol. The molecule has 98 valence electrons. The molecule has 18 heavy (non-hydrogen) atoms. The average Bonchev–Trinajstić information content (AvgIpc) is 2.43. The maximum Gasteiger partial charge on any atom is 0.143 e. The van der Waals surface area contributed by atoms with E-state index in [2.05, 4.69) is 17.4 Å². The van der Waals surface area contributed by atoms with Crippen molar-refractivity contribution < 1.29 is 9.53 Å². The number of carbonyl (C=O) groups excluding carboxylic acids is 1. The Balaban J connectivity index is 2.12. The number of Topliss-reactive ketones (excluding diaryl/α,β-unsaturated/α-hetero) is 1. The number of benzene rings is 1. The van der Waals surface area contributed by atoms with E-state index in [1.54, 1.807) is 7.11 Å². The summed E-state index contributed by atoms with van der Waals surface area (Å²) in [4.78, 5) is 12.5. The molecule has 1 aliphatic rings. The van der Waals surface area contributed by atoms with Crippen LogP contribution in [0, 0.1) is 5.92 Å². The van der Waals surface area contributed by atoms with Crippen LogP contribution < -0.4 is 5.32 Å². The number of ketones is 1. The minimum absolute atomic E-state index is 0.0503. The summed E-state index contributed by atoms with van der Waals surface area (Å²) in [6.45, 7) is 3.54. The van der Waals surface area contributed by atoms with Crippen molar-refractivity contribution in [3.05, 3.63) is 29.8 Å². The van der Waals surface area contributed by atoms with Crippen molar-refractivity contribution in [2.75, 3.05) is 25.6 Å². The summed E-state index contributed by atoms with van der Waals surface area (Å²) in [5.41, 5.74) is 2.26. The molecular formula is C15H21NO2. The van der Waals surface area contributed by atoms with E-state index < -0.39 is 0 Å². The van der Waals surface area contributed by atoms with Gasteiger partial charge in [0.1, 0.15) is 5.78 Å². The Morgan fingerprint density at radius 3 is 3.06 bits per heavy atom. The number of ether oxygens (including phenoxy) is 1. The smallest absolute Gasteiger partial charge is 0.143 e. The lowest BCUT2D eigenvalue weighted by Gasteiger charge is -2.27. The van der Waals surface area contributed by atoms with Crippen LogP contribution in [0.5, 0.6) is 0 Å². The number of hydrogen-bond donors (Lipinski definition) is 1. The molecule has 1 aliphatic heterocycles. The van der Waals surface area contributed by atoms with E-state index in [4.69, 9.17) is 4.74 Å². The monoisotopic (exact) mass is 247 g/mol. The van der Waals surface area contributed by atoms with Crippen LogP contribution in [0.15, 0.2) is 24.3 Å². The highest BCUT2D eigenvalue weighted by Gasteiger charge is 2.28. The second-order valence-electron chi connectivity index (χ2n) is 4.94. The van der Waals surface area contributed by atoms with Crippen molar-refractivity contribution in [1.82, 2.24) is 0 Å². The molecule has 1 aromatic carbocycles. The Hall–Kier alpha value is -1.35. The van der Waals surface area contributed by atoms with Crippen LogP contribution >= 0.6 is 0 Å². The van der Waals surface area contributed by atoms with Crippen molar-refractivity contribution in [3.63, 3.8) is 0 Å². The number of nitrogens with one attached hydrogen (secondary N) is 1. The molecule has 3 heteroatoms. The second kappa shape index (κ2) is 6.01. The first-order chi connectivity index (χ1) is 8.74. The molecule has 0 saturated carbocycles. The van der Waals surface area contributed by atoms with Crippen LogP contribution in [0.2, 0.25) is 0 Å². The lowest BCUT2D eigenvalue weighted by atomic mass is 9.82. The summed E-state index contributed by atoms with van der Waals surface area (Å²) in [7, 11) is 1.68. The van der Waals surface area contributed by atoms with Crippen molar-refractivity contribution in [2.45, 2.75) is 25.7 Å². The van der Waals surface area contributed by atoms with Gasteiger partial charge in [-0.3, -0.25) is 4.79 Å². The third-order valence-electron chi connectivity index (χ3n) is 3.67. The molecule has 1 N–H and O–H groups in total. The van der Waals surface area contributed by atoms with E-state index in [0.29, 0.717) is 12.4 Å². The number of para-hydroxylation sites is 1. The summed E-state index contributed by atoms with van der Waals surface area (Å²) in [6.07, 6.45) is 1.70. The van der Waals surface area contributed by atoms with E-state index in [9.17, 15) is 4.79 Å². The van der Waals surface area contributed by atoms with Gasteiger partial charge in [0.15, 0.2) is 0 Å². The van der Waals surface area contributed by atoms with Gasteiger partial charge in [0.25, 0.3) is 0 Å². The van der Waals surface area contributed by atoms with Crippen molar-refractivity contribution >= 4 is 11.5 Å². The molecule has 2 atom stereocenters. The molecule has 1 aromatic rings. The van der Waals surface area contributed by atoms with Crippen LogP contribution in [-0.2, 0) is 9.53 Å². The van der Waals surface area contributed by atoms with Gasteiger partial charge in [-0.1, -0.05) is 25.1 Å². The van der Waals surface area contributed by atoms with Gasteiger partial charge in [0, 0.05) is 37.8 Å². The van der Waals surface area contributed by atoms with E-state index in [0.717, 1.165) is 30.6 Å². The lowest BCUT2D eigenvalue weighted by Crippen LogP contribution is -2.27. The van der Waals surface area contributed by atoms with E-state index in [1.165, 1.54) is 0 Å². The highest BCUT2D eigenvalue weighted by Crippen LogP contribution is 2.34. The number of methoxy groups -OCH3 is 1. The van der Waals surface area contributed by atoms with Gasteiger partial charge in [-0.15, -0.1) is 0 Å². The number of hydrogen-bond acceptors (Lipinski definition) is 3. The number of fused-ring (bicyclic) bond motifs is 1. The fourth-order valence-corrected chi connectivity index (χ4v) is 2.54. The number of anilines is 1. The van der Waals surface area contributed by atoms with Crippen LogP contribution in [0.4, 0.5) is 5.69 Å². The minimum Gasteiger partial charge on any atom is -0.385 e. The van der Waals surface area contributed by atoms with E-state index >= 15 is 0 Å². The molecule has 0 amide bonds. The van der Waals surface area contributed by atoms with E-state index in [-0.39, 0.29) is 11.8 Å². The van der Waals surface area contributed by atoms with Crippen LogP contribution in [0.1, 0.15) is 31.2 Å². The molecular weight excluding hydrogens is 226 g/mol. The Morgan fingerprint density at radius 2 is 2.28 bits per heavy atom. The van der Waals surface area contributed by atoms with Gasteiger partial charge in [0.2, 0.25) is 0 Å². The van der Waals surface area contributed by atoms with Crippen LogP contribution in [0.25, 0.3) is 0 Å². The summed E-state index contributed by atoms with van der Waals surface area (Å²) >= 11 is 0. The summed E-state index contributed by atoms with van der Waals surface area (Å²) < 4.78 is 5.05. The largest absolute Gasteiger partial charge is 0.385 e.